The molecule has 0 saturated heterocycles. The lowest BCUT2D eigenvalue weighted by Crippen LogP contribution is -2.36. The summed E-state index contributed by atoms with van der Waals surface area (Å²) in [4.78, 5) is 12.7. The highest BCUT2D eigenvalue weighted by Crippen LogP contribution is 2.57. The van der Waals surface area contributed by atoms with Crippen molar-refractivity contribution in [2.45, 2.75) is 92.9 Å². The summed E-state index contributed by atoms with van der Waals surface area (Å²) in [6, 6.07) is 0. The molecule has 0 radical (unpaired) electrons. The number of Topliss-reactive ketones (excluding diaryl/α,β-unsaturated/α-hetero) is 1. The highest BCUT2D eigenvalue weighted by molar-refractivity contribution is 5.80. The number of hydrogen-bond donors (Lipinski definition) is 0. The van der Waals surface area contributed by atoms with Gasteiger partial charge in [0.25, 0.3) is 0 Å². The second-order valence-electron chi connectivity index (χ2n) is 9.49. The van der Waals surface area contributed by atoms with Crippen LogP contribution in [0.1, 0.15) is 92.9 Å². The second kappa shape index (κ2) is 4.85. The first-order valence-electron chi connectivity index (χ1n) is 8.53. The molecule has 20 heavy (non-hydrogen) atoms. The molecule has 1 nitrogen and oxygen atoms in total. The first kappa shape index (κ1) is 16.0. The number of carbonyl (C=O) groups excluding carboxylic acids is 1. The fourth-order valence-electron chi connectivity index (χ4n) is 4.71. The molecule has 0 N–H and O–H groups in total. The zero-order valence-electron chi connectivity index (χ0n) is 14.6. The lowest BCUT2D eigenvalue weighted by atomic mass is 9.63. The van der Waals surface area contributed by atoms with E-state index in [1.54, 1.807) is 0 Å². The molecular weight excluding hydrogens is 244 g/mol. The van der Waals surface area contributed by atoms with Gasteiger partial charge in [0.1, 0.15) is 5.78 Å². The molecule has 2 unspecified atom stereocenters. The zero-order chi connectivity index (χ0) is 15.2. The summed E-state index contributed by atoms with van der Waals surface area (Å²) < 4.78 is 0. The van der Waals surface area contributed by atoms with E-state index in [1.165, 1.54) is 38.5 Å². The van der Waals surface area contributed by atoms with Crippen LogP contribution in [0.5, 0.6) is 0 Å². The maximum absolute atomic E-state index is 12.7. The van der Waals surface area contributed by atoms with Crippen LogP contribution in [0.3, 0.4) is 0 Å². The van der Waals surface area contributed by atoms with E-state index in [4.69, 9.17) is 0 Å². The van der Waals surface area contributed by atoms with Crippen LogP contribution in [0.4, 0.5) is 0 Å². The van der Waals surface area contributed by atoms with Crippen LogP contribution in [0.15, 0.2) is 0 Å². The van der Waals surface area contributed by atoms with Gasteiger partial charge in [-0.1, -0.05) is 54.4 Å². The standard InChI is InChI=1S/C19H34O/c1-16(2)9-7-11-18(16,5)13-15(20)14-19(6)12-8-10-17(19,3)4/h7-14H2,1-6H3. The quantitative estimate of drug-likeness (QED) is 0.638. The van der Waals surface area contributed by atoms with Crippen molar-refractivity contribution in [2.24, 2.45) is 21.7 Å². The van der Waals surface area contributed by atoms with Crippen molar-refractivity contribution < 1.29 is 4.79 Å². The van der Waals surface area contributed by atoms with Crippen molar-refractivity contribution in [1.82, 2.24) is 0 Å². The molecule has 2 fully saturated rings. The molecule has 2 aliphatic rings. The summed E-state index contributed by atoms with van der Waals surface area (Å²) in [5, 5.41) is 0. The van der Waals surface area contributed by atoms with Gasteiger partial charge in [0, 0.05) is 12.8 Å². The lowest BCUT2D eigenvalue weighted by molar-refractivity contribution is -0.126. The molecule has 0 aromatic heterocycles. The monoisotopic (exact) mass is 278 g/mol. The third-order valence-corrected chi connectivity index (χ3v) is 7.50. The molecule has 0 amide bonds. The Morgan fingerprint density at radius 2 is 1.05 bits per heavy atom. The fraction of sp³-hybridized carbons (Fsp3) is 0.947. The molecule has 0 spiro atoms. The normalized spacial score (nSPS) is 39.1. The molecule has 2 saturated carbocycles. The summed E-state index contributed by atoms with van der Waals surface area (Å²) in [5.41, 5.74) is 1.11. The highest BCUT2D eigenvalue weighted by Gasteiger charge is 2.49. The fourth-order valence-corrected chi connectivity index (χ4v) is 4.71. The highest BCUT2D eigenvalue weighted by atomic mass is 16.1. The average Bonchev–Trinajstić information content (AvgIpc) is 2.65. The van der Waals surface area contributed by atoms with Crippen LogP contribution in [0.25, 0.3) is 0 Å². The minimum atomic E-state index is 0.225. The number of ketones is 1. The van der Waals surface area contributed by atoms with Crippen LogP contribution in [0.2, 0.25) is 0 Å². The van der Waals surface area contributed by atoms with E-state index in [-0.39, 0.29) is 10.8 Å². The van der Waals surface area contributed by atoms with Crippen molar-refractivity contribution in [3.63, 3.8) is 0 Å². The molecule has 0 aromatic carbocycles. The minimum Gasteiger partial charge on any atom is -0.300 e. The van der Waals surface area contributed by atoms with Gasteiger partial charge < -0.3 is 0 Å². The molecule has 0 bridgehead atoms. The summed E-state index contributed by atoms with van der Waals surface area (Å²) in [5.74, 6) is 0.514. The van der Waals surface area contributed by atoms with Crippen LogP contribution in [0, 0.1) is 21.7 Å². The SMILES string of the molecule is CC1(C)CCCC1(C)CC(=O)CC1(C)CCCC1(C)C. The number of rotatable bonds is 4. The molecule has 2 rings (SSSR count). The summed E-state index contributed by atoms with van der Waals surface area (Å²) in [6.07, 6.45) is 9.19. The van der Waals surface area contributed by atoms with E-state index in [0.29, 0.717) is 16.6 Å². The lowest BCUT2D eigenvalue weighted by Gasteiger charge is -2.41. The third-order valence-electron chi connectivity index (χ3n) is 7.50. The average molecular weight is 278 g/mol. The maximum atomic E-state index is 12.7. The Morgan fingerprint density at radius 1 is 0.700 bits per heavy atom. The maximum Gasteiger partial charge on any atom is 0.134 e. The smallest absolute Gasteiger partial charge is 0.134 e. The van der Waals surface area contributed by atoms with E-state index in [1.807, 2.05) is 0 Å². The third kappa shape index (κ3) is 2.57. The van der Waals surface area contributed by atoms with Gasteiger partial charge in [-0.15, -0.1) is 0 Å². The predicted octanol–water partition coefficient (Wildman–Crippen LogP) is 5.77. The first-order chi connectivity index (χ1) is 9.02. The van der Waals surface area contributed by atoms with Gasteiger partial charge in [-0.3, -0.25) is 4.79 Å². The van der Waals surface area contributed by atoms with Gasteiger partial charge in [-0.2, -0.15) is 0 Å². The van der Waals surface area contributed by atoms with E-state index >= 15 is 0 Å². The molecule has 2 aliphatic carbocycles. The van der Waals surface area contributed by atoms with Gasteiger partial charge >= 0.3 is 0 Å². The Labute approximate surface area is 125 Å². The Kier molecular flexibility index (Phi) is 3.89. The van der Waals surface area contributed by atoms with E-state index < -0.39 is 0 Å². The van der Waals surface area contributed by atoms with Crippen LogP contribution in [-0.2, 0) is 4.79 Å². The molecule has 0 aliphatic heterocycles. The summed E-state index contributed by atoms with van der Waals surface area (Å²) in [6.45, 7) is 14.1. The van der Waals surface area contributed by atoms with Crippen LogP contribution in [-0.4, -0.2) is 5.78 Å². The first-order valence-corrected chi connectivity index (χ1v) is 8.53. The van der Waals surface area contributed by atoms with E-state index in [0.717, 1.165) is 12.8 Å². The Hall–Kier alpha value is -0.330. The predicted molar refractivity (Wildman–Crippen MR) is 85.7 cm³/mol. The summed E-state index contributed by atoms with van der Waals surface area (Å²) in [7, 11) is 0. The van der Waals surface area contributed by atoms with E-state index in [9.17, 15) is 4.79 Å². The van der Waals surface area contributed by atoms with Gasteiger partial charge in [-0.05, 0) is 47.3 Å². The Morgan fingerprint density at radius 3 is 1.30 bits per heavy atom. The second-order valence-corrected chi connectivity index (χ2v) is 9.49. The Balaban J connectivity index is 2.03. The number of hydrogen-bond acceptors (Lipinski definition) is 1. The van der Waals surface area contributed by atoms with Gasteiger partial charge in [0.2, 0.25) is 0 Å². The van der Waals surface area contributed by atoms with E-state index in [2.05, 4.69) is 41.5 Å². The largest absolute Gasteiger partial charge is 0.300 e. The van der Waals surface area contributed by atoms with Crippen LogP contribution >= 0.6 is 0 Å². The van der Waals surface area contributed by atoms with Crippen molar-refractivity contribution >= 4 is 5.78 Å². The van der Waals surface area contributed by atoms with Gasteiger partial charge in [0.15, 0.2) is 0 Å². The molecule has 0 aromatic rings. The molecule has 0 heterocycles. The van der Waals surface area contributed by atoms with Crippen molar-refractivity contribution in [2.75, 3.05) is 0 Å². The molecule has 116 valence electrons. The topological polar surface area (TPSA) is 17.1 Å². The van der Waals surface area contributed by atoms with Crippen molar-refractivity contribution in [3.8, 4) is 0 Å². The molecular formula is C19H34O. The summed E-state index contributed by atoms with van der Waals surface area (Å²) >= 11 is 0. The minimum absolute atomic E-state index is 0.225. The zero-order valence-corrected chi connectivity index (χ0v) is 14.6. The van der Waals surface area contributed by atoms with Crippen molar-refractivity contribution in [3.05, 3.63) is 0 Å². The number of carbonyl (C=O) groups is 1. The van der Waals surface area contributed by atoms with Crippen molar-refractivity contribution in [1.29, 1.82) is 0 Å². The Bertz CT molecular complexity index is 357. The van der Waals surface area contributed by atoms with Gasteiger partial charge in [0.05, 0.1) is 0 Å². The molecule has 1 heteroatoms. The van der Waals surface area contributed by atoms with Gasteiger partial charge in [-0.25, -0.2) is 0 Å². The molecule has 2 atom stereocenters. The van der Waals surface area contributed by atoms with Crippen LogP contribution < -0.4 is 0 Å².